The van der Waals surface area contributed by atoms with Crippen molar-refractivity contribution < 1.29 is 27.4 Å². The number of amides is 1. The van der Waals surface area contributed by atoms with Crippen LogP contribution in [0.3, 0.4) is 0 Å². The number of aromatic nitrogens is 1. The minimum absolute atomic E-state index is 0.137. The van der Waals surface area contributed by atoms with E-state index in [4.69, 9.17) is 4.74 Å². The van der Waals surface area contributed by atoms with Gasteiger partial charge in [0.1, 0.15) is 5.60 Å². The molecule has 1 aromatic rings. The summed E-state index contributed by atoms with van der Waals surface area (Å²) in [5.41, 5.74) is -0.274. The molecule has 0 spiro atoms. The minimum atomic E-state index is -4.42. The molecule has 0 bridgehead atoms. The second-order valence-corrected chi connectivity index (χ2v) is 5.54. The Morgan fingerprint density at radius 2 is 2.12 bits per heavy atom. The maximum absolute atomic E-state index is 12.4. The van der Waals surface area contributed by atoms with Gasteiger partial charge in [-0.15, -0.1) is 0 Å². The summed E-state index contributed by atoms with van der Waals surface area (Å²) in [6.07, 6.45) is -1.97. The molecule has 1 amide bonds. The number of ether oxygens (including phenoxy) is 2. The molecule has 0 aromatic carbocycles. The number of nitrogens with zero attached hydrogens (tertiary/aromatic N) is 1. The number of alkyl halides is 3. The third-order valence-electron chi connectivity index (χ3n) is 3.85. The average molecular weight is 347 g/mol. The van der Waals surface area contributed by atoms with E-state index in [-0.39, 0.29) is 18.3 Å². The predicted octanol–water partition coefficient (Wildman–Crippen LogP) is 1.41. The van der Waals surface area contributed by atoms with Gasteiger partial charge in [0.15, 0.2) is 6.61 Å². The van der Waals surface area contributed by atoms with Gasteiger partial charge < -0.3 is 20.1 Å². The van der Waals surface area contributed by atoms with E-state index >= 15 is 0 Å². The van der Waals surface area contributed by atoms with Crippen LogP contribution in [0.2, 0.25) is 0 Å². The molecule has 0 aliphatic carbocycles. The summed E-state index contributed by atoms with van der Waals surface area (Å²) < 4.78 is 46.5. The number of pyridine rings is 1. The van der Waals surface area contributed by atoms with Crippen LogP contribution in [0.15, 0.2) is 18.3 Å². The highest BCUT2D eigenvalue weighted by Crippen LogP contribution is 2.23. The Morgan fingerprint density at radius 3 is 2.75 bits per heavy atom. The Morgan fingerprint density at radius 1 is 1.42 bits per heavy atom. The van der Waals surface area contributed by atoms with E-state index in [9.17, 15) is 18.0 Å². The molecule has 24 heavy (non-hydrogen) atoms. The third kappa shape index (κ3) is 5.07. The molecule has 0 unspecified atom stereocenters. The molecule has 9 heteroatoms. The lowest BCUT2D eigenvalue weighted by molar-refractivity contribution is -0.154. The molecule has 1 aliphatic rings. The van der Waals surface area contributed by atoms with Crippen LogP contribution in [-0.2, 0) is 16.1 Å². The van der Waals surface area contributed by atoms with Crippen molar-refractivity contribution in [3.8, 4) is 5.88 Å². The van der Waals surface area contributed by atoms with E-state index in [0.29, 0.717) is 31.5 Å². The maximum Gasteiger partial charge on any atom is 0.422 e. The van der Waals surface area contributed by atoms with Crippen molar-refractivity contribution in [2.75, 3.05) is 26.8 Å². The SMILES string of the molecule is COC1(C(=O)NCc2ccnc(OCC(F)(F)F)c2)CCNCC1. The number of nitrogens with one attached hydrogen (secondary N) is 2. The molecule has 0 radical (unpaired) electrons. The van der Waals surface area contributed by atoms with E-state index in [1.54, 1.807) is 6.07 Å². The van der Waals surface area contributed by atoms with Gasteiger partial charge >= 0.3 is 6.18 Å². The Balaban J connectivity index is 1.92. The number of hydrogen-bond donors (Lipinski definition) is 2. The zero-order chi connectivity index (χ0) is 17.6. The van der Waals surface area contributed by atoms with Gasteiger partial charge in [-0.1, -0.05) is 0 Å². The van der Waals surface area contributed by atoms with Crippen LogP contribution >= 0.6 is 0 Å². The number of piperidine rings is 1. The lowest BCUT2D eigenvalue weighted by atomic mass is 9.91. The molecule has 1 aromatic heterocycles. The van der Waals surface area contributed by atoms with Crippen molar-refractivity contribution in [2.24, 2.45) is 0 Å². The van der Waals surface area contributed by atoms with Gasteiger partial charge in [-0.2, -0.15) is 13.2 Å². The summed E-state index contributed by atoms with van der Waals surface area (Å²) in [6, 6.07) is 2.97. The van der Waals surface area contributed by atoms with E-state index in [0.717, 1.165) is 0 Å². The number of carbonyl (C=O) groups is 1. The van der Waals surface area contributed by atoms with Crippen molar-refractivity contribution in [3.63, 3.8) is 0 Å². The highest BCUT2D eigenvalue weighted by atomic mass is 19.4. The first-order valence-corrected chi connectivity index (χ1v) is 7.53. The third-order valence-corrected chi connectivity index (χ3v) is 3.85. The second kappa shape index (κ2) is 7.80. The first-order valence-electron chi connectivity index (χ1n) is 7.53. The van der Waals surface area contributed by atoms with Gasteiger partial charge in [0.05, 0.1) is 0 Å². The fraction of sp³-hybridized carbons (Fsp3) is 0.600. The molecule has 2 N–H and O–H groups in total. The number of rotatable bonds is 6. The minimum Gasteiger partial charge on any atom is -0.468 e. The summed E-state index contributed by atoms with van der Waals surface area (Å²) in [6.45, 7) is 0.121. The molecular formula is C15H20F3N3O3. The monoisotopic (exact) mass is 347 g/mol. The van der Waals surface area contributed by atoms with E-state index in [1.807, 2.05) is 0 Å². The van der Waals surface area contributed by atoms with Gasteiger partial charge in [0, 0.05) is 25.9 Å². The van der Waals surface area contributed by atoms with Crippen molar-refractivity contribution in [1.82, 2.24) is 15.6 Å². The molecule has 1 saturated heterocycles. The Labute approximate surface area is 137 Å². The van der Waals surface area contributed by atoms with Crippen LogP contribution in [0.5, 0.6) is 5.88 Å². The van der Waals surface area contributed by atoms with Crippen LogP contribution in [0.25, 0.3) is 0 Å². The van der Waals surface area contributed by atoms with Crippen LogP contribution < -0.4 is 15.4 Å². The highest BCUT2D eigenvalue weighted by molar-refractivity contribution is 5.85. The van der Waals surface area contributed by atoms with Gasteiger partial charge in [-0.25, -0.2) is 4.98 Å². The van der Waals surface area contributed by atoms with Crippen LogP contribution in [0, 0.1) is 0 Å². The lowest BCUT2D eigenvalue weighted by Gasteiger charge is -2.34. The molecule has 1 fully saturated rings. The van der Waals surface area contributed by atoms with Gasteiger partial charge in [-0.3, -0.25) is 4.79 Å². The number of halogens is 3. The molecule has 1 aliphatic heterocycles. The van der Waals surface area contributed by atoms with Gasteiger partial charge in [-0.05, 0) is 37.6 Å². The van der Waals surface area contributed by atoms with E-state index in [2.05, 4.69) is 20.4 Å². The Hall–Kier alpha value is -1.87. The molecular weight excluding hydrogens is 327 g/mol. The van der Waals surface area contributed by atoms with Gasteiger partial charge in [0.2, 0.25) is 5.88 Å². The fourth-order valence-electron chi connectivity index (χ4n) is 2.49. The van der Waals surface area contributed by atoms with Crippen molar-refractivity contribution in [2.45, 2.75) is 31.2 Å². The van der Waals surface area contributed by atoms with Gasteiger partial charge in [0.25, 0.3) is 5.91 Å². The van der Waals surface area contributed by atoms with Crippen molar-refractivity contribution >= 4 is 5.91 Å². The molecule has 134 valence electrons. The number of methoxy groups -OCH3 is 1. The number of carbonyl (C=O) groups excluding carboxylic acids is 1. The molecule has 0 saturated carbocycles. The standard InChI is InChI=1S/C15H20F3N3O3/c1-23-14(3-6-19-7-4-14)13(22)21-9-11-2-5-20-12(8-11)24-10-15(16,17)18/h2,5,8,19H,3-4,6-7,9-10H2,1H3,(H,21,22). The van der Waals surface area contributed by atoms with Crippen LogP contribution in [0.1, 0.15) is 18.4 Å². The van der Waals surface area contributed by atoms with E-state index < -0.39 is 18.4 Å². The van der Waals surface area contributed by atoms with Crippen LogP contribution in [0.4, 0.5) is 13.2 Å². The summed E-state index contributed by atoms with van der Waals surface area (Å²) in [4.78, 5) is 16.1. The molecule has 6 nitrogen and oxygen atoms in total. The average Bonchev–Trinajstić information content (AvgIpc) is 2.58. The topological polar surface area (TPSA) is 72.5 Å². The highest BCUT2D eigenvalue weighted by Gasteiger charge is 2.39. The van der Waals surface area contributed by atoms with Crippen molar-refractivity contribution in [3.05, 3.63) is 23.9 Å². The zero-order valence-electron chi connectivity index (χ0n) is 13.3. The fourth-order valence-corrected chi connectivity index (χ4v) is 2.49. The maximum atomic E-state index is 12.4. The molecule has 2 heterocycles. The Kier molecular flexibility index (Phi) is 6.00. The largest absolute Gasteiger partial charge is 0.468 e. The quantitative estimate of drug-likeness (QED) is 0.814. The molecule has 0 atom stereocenters. The normalized spacial score (nSPS) is 17.3. The second-order valence-electron chi connectivity index (χ2n) is 5.54. The summed E-state index contributed by atoms with van der Waals surface area (Å²) >= 11 is 0. The first kappa shape index (κ1) is 18.5. The smallest absolute Gasteiger partial charge is 0.422 e. The zero-order valence-corrected chi connectivity index (χ0v) is 13.3. The Bertz CT molecular complexity index is 560. The summed E-state index contributed by atoms with van der Waals surface area (Å²) in [5, 5.41) is 5.92. The van der Waals surface area contributed by atoms with Crippen LogP contribution in [-0.4, -0.2) is 49.5 Å². The first-order chi connectivity index (χ1) is 11.3. The lowest BCUT2D eigenvalue weighted by Crippen LogP contribution is -2.53. The summed E-state index contributed by atoms with van der Waals surface area (Å²) in [7, 11) is 1.50. The summed E-state index contributed by atoms with van der Waals surface area (Å²) in [5.74, 6) is -0.372. The number of hydrogen-bond acceptors (Lipinski definition) is 5. The van der Waals surface area contributed by atoms with Crippen molar-refractivity contribution in [1.29, 1.82) is 0 Å². The predicted molar refractivity (Wildman–Crippen MR) is 79.5 cm³/mol. The molecule has 2 rings (SSSR count). The van der Waals surface area contributed by atoms with E-state index in [1.165, 1.54) is 19.4 Å².